The van der Waals surface area contributed by atoms with E-state index in [-0.39, 0.29) is 11.1 Å². The van der Waals surface area contributed by atoms with Crippen molar-refractivity contribution in [2.24, 2.45) is 0 Å². The second-order valence-corrected chi connectivity index (χ2v) is 10.00. The Morgan fingerprint density at radius 3 is 1.93 bits per heavy atom. The summed E-state index contributed by atoms with van der Waals surface area (Å²) in [7, 11) is -1.69. The number of carboxylic acids is 2. The van der Waals surface area contributed by atoms with E-state index in [0.717, 1.165) is 6.08 Å². The molecule has 0 aromatic rings. The van der Waals surface area contributed by atoms with Crippen molar-refractivity contribution in [2.45, 2.75) is 38.5 Å². The molecule has 0 fully saturated rings. The van der Waals surface area contributed by atoms with Crippen molar-refractivity contribution >= 4 is 20.0 Å². The van der Waals surface area contributed by atoms with Gasteiger partial charge in [0.15, 0.2) is 0 Å². The van der Waals surface area contributed by atoms with E-state index >= 15 is 0 Å². The summed E-state index contributed by atoms with van der Waals surface area (Å²) in [6, 6.07) is 0. The van der Waals surface area contributed by atoms with Crippen molar-refractivity contribution in [3.8, 4) is 0 Å². The van der Waals surface area contributed by atoms with Crippen LogP contribution >= 0.6 is 0 Å². The standard InChI is InChI=1S/C10H18O4Si/c1-5-8(15(2,3)4)7(10(13)14)6-9(11)12/h6,8H,5H2,1-4H3,(H,11,12)(H,13,14). The van der Waals surface area contributed by atoms with Gasteiger partial charge in [-0.25, -0.2) is 9.59 Å². The molecule has 0 amide bonds. The average Bonchev–Trinajstić information content (AvgIpc) is 2.00. The Kier molecular flexibility index (Phi) is 4.74. The SMILES string of the molecule is CCC(C(=CC(=O)O)C(=O)O)[Si](C)(C)C. The zero-order valence-corrected chi connectivity index (χ0v) is 10.6. The number of hydrogen-bond acceptors (Lipinski definition) is 2. The molecular formula is C10H18O4Si. The molecule has 0 saturated carbocycles. The van der Waals surface area contributed by atoms with Crippen LogP contribution in [0.1, 0.15) is 13.3 Å². The number of rotatable bonds is 5. The van der Waals surface area contributed by atoms with E-state index in [4.69, 9.17) is 10.2 Å². The van der Waals surface area contributed by atoms with Crippen molar-refractivity contribution in [3.05, 3.63) is 11.6 Å². The Bertz CT molecular complexity index is 288. The van der Waals surface area contributed by atoms with Crippen molar-refractivity contribution in [2.75, 3.05) is 0 Å². The van der Waals surface area contributed by atoms with E-state index in [1.54, 1.807) is 0 Å². The molecule has 0 saturated heterocycles. The molecule has 0 aliphatic rings. The maximum atomic E-state index is 11.0. The summed E-state index contributed by atoms with van der Waals surface area (Å²) in [6.07, 6.45) is 1.50. The van der Waals surface area contributed by atoms with Gasteiger partial charge in [0, 0.05) is 11.6 Å². The van der Waals surface area contributed by atoms with Crippen molar-refractivity contribution in [1.82, 2.24) is 0 Å². The van der Waals surface area contributed by atoms with Crippen molar-refractivity contribution in [1.29, 1.82) is 0 Å². The van der Waals surface area contributed by atoms with Gasteiger partial charge in [0.05, 0.1) is 8.07 Å². The van der Waals surface area contributed by atoms with Gasteiger partial charge >= 0.3 is 11.9 Å². The fourth-order valence-electron chi connectivity index (χ4n) is 1.74. The minimum Gasteiger partial charge on any atom is -0.478 e. The van der Waals surface area contributed by atoms with Crippen LogP contribution < -0.4 is 0 Å². The Hall–Kier alpha value is -1.10. The van der Waals surface area contributed by atoms with Gasteiger partial charge in [-0.1, -0.05) is 33.0 Å². The van der Waals surface area contributed by atoms with Crippen molar-refractivity contribution < 1.29 is 19.8 Å². The van der Waals surface area contributed by atoms with Crippen LogP contribution in [0.2, 0.25) is 25.2 Å². The van der Waals surface area contributed by atoms with Crippen LogP contribution in [0.15, 0.2) is 11.6 Å². The van der Waals surface area contributed by atoms with E-state index in [1.807, 2.05) is 26.6 Å². The topological polar surface area (TPSA) is 74.6 Å². The zero-order chi connectivity index (χ0) is 12.2. The van der Waals surface area contributed by atoms with E-state index in [1.165, 1.54) is 0 Å². The Balaban J connectivity index is 5.23. The molecular weight excluding hydrogens is 212 g/mol. The minimum absolute atomic E-state index is 0.0316. The summed E-state index contributed by atoms with van der Waals surface area (Å²) in [5, 5.41) is 17.6. The lowest BCUT2D eigenvalue weighted by molar-refractivity contribution is -0.135. The normalized spacial score (nSPS) is 14.8. The van der Waals surface area contributed by atoms with Gasteiger partial charge in [-0.3, -0.25) is 0 Å². The van der Waals surface area contributed by atoms with Gasteiger partial charge in [-0.15, -0.1) is 0 Å². The molecule has 0 radical (unpaired) electrons. The van der Waals surface area contributed by atoms with Gasteiger partial charge in [0.2, 0.25) is 0 Å². The first-order chi connectivity index (χ1) is 6.70. The van der Waals surface area contributed by atoms with Crippen LogP contribution in [0.4, 0.5) is 0 Å². The first-order valence-electron chi connectivity index (χ1n) is 4.88. The van der Waals surface area contributed by atoms with Gasteiger partial charge in [0.25, 0.3) is 0 Å². The molecule has 1 unspecified atom stereocenters. The van der Waals surface area contributed by atoms with E-state index in [2.05, 4.69) is 0 Å². The van der Waals surface area contributed by atoms with Crippen LogP contribution in [0.25, 0.3) is 0 Å². The molecule has 0 aliphatic carbocycles. The number of hydrogen-bond donors (Lipinski definition) is 2. The highest BCUT2D eigenvalue weighted by Crippen LogP contribution is 2.32. The van der Waals surface area contributed by atoms with E-state index < -0.39 is 20.0 Å². The lowest BCUT2D eigenvalue weighted by atomic mass is 10.1. The van der Waals surface area contributed by atoms with Gasteiger partial charge in [0.1, 0.15) is 0 Å². The maximum absolute atomic E-state index is 11.0. The minimum atomic E-state index is -1.69. The molecule has 4 nitrogen and oxygen atoms in total. The molecule has 15 heavy (non-hydrogen) atoms. The molecule has 5 heteroatoms. The third-order valence-electron chi connectivity index (χ3n) is 2.35. The average molecular weight is 230 g/mol. The Morgan fingerprint density at radius 2 is 1.73 bits per heavy atom. The first-order valence-corrected chi connectivity index (χ1v) is 8.45. The quantitative estimate of drug-likeness (QED) is 0.561. The predicted octanol–water partition coefficient (Wildman–Crippen LogP) is 2.20. The molecule has 0 aliphatic heterocycles. The largest absolute Gasteiger partial charge is 0.478 e. The number of carbonyl (C=O) groups is 2. The highest BCUT2D eigenvalue weighted by Gasteiger charge is 2.32. The van der Waals surface area contributed by atoms with Crippen LogP contribution in [0.5, 0.6) is 0 Å². The first kappa shape index (κ1) is 13.9. The predicted molar refractivity (Wildman–Crippen MR) is 60.7 cm³/mol. The zero-order valence-electron chi connectivity index (χ0n) is 9.57. The lowest BCUT2D eigenvalue weighted by Gasteiger charge is -2.28. The van der Waals surface area contributed by atoms with E-state index in [9.17, 15) is 9.59 Å². The summed E-state index contributed by atoms with van der Waals surface area (Å²) in [5.41, 5.74) is -0.0877. The summed E-state index contributed by atoms with van der Waals surface area (Å²) in [5.74, 6) is -2.31. The van der Waals surface area contributed by atoms with Gasteiger partial charge in [-0.2, -0.15) is 0 Å². The third-order valence-corrected chi connectivity index (χ3v) is 5.16. The van der Waals surface area contributed by atoms with Crippen LogP contribution in [0.3, 0.4) is 0 Å². The molecule has 1 atom stereocenters. The maximum Gasteiger partial charge on any atom is 0.331 e. The molecule has 0 spiro atoms. The second kappa shape index (κ2) is 5.11. The Labute approximate surface area is 90.6 Å². The fraction of sp³-hybridized carbons (Fsp3) is 0.600. The fourth-order valence-corrected chi connectivity index (χ4v) is 4.11. The molecule has 0 rings (SSSR count). The highest BCUT2D eigenvalue weighted by molar-refractivity contribution is 6.78. The summed E-state index contributed by atoms with van der Waals surface area (Å²) < 4.78 is 0. The lowest BCUT2D eigenvalue weighted by Crippen LogP contribution is -2.31. The summed E-state index contributed by atoms with van der Waals surface area (Å²) in [6.45, 7) is 8.01. The second-order valence-electron chi connectivity index (χ2n) is 4.57. The van der Waals surface area contributed by atoms with Crippen molar-refractivity contribution in [3.63, 3.8) is 0 Å². The summed E-state index contributed by atoms with van der Waals surface area (Å²) in [4.78, 5) is 21.5. The van der Waals surface area contributed by atoms with Crippen LogP contribution in [-0.4, -0.2) is 30.2 Å². The smallest absolute Gasteiger partial charge is 0.331 e. The monoisotopic (exact) mass is 230 g/mol. The third kappa shape index (κ3) is 4.29. The molecule has 0 aromatic heterocycles. The van der Waals surface area contributed by atoms with Gasteiger partial charge < -0.3 is 10.2 Å². The highest BCUT2D eigenvalue weighted by atomic mass is 28.3. The van der Waals surface area contributed by atoms with Gasteiger partial charge in [-0.05, 0) is 5.54 Å². The number of carboxylic acid groups (broad SMARTS) is 2. The Morgan fingerprint density at radius 1 is 1.27 bits per heavy atom. The molecule has 86 valence electrons. The molecule has 0 heterocycles. The molecule has 0 aromatic carbocycles. The molecule has 0 bridgehead atoms. The molecule has 2 N–H and O–H groups in total. The summed E-state index contributed by atoms with van der Waals surface area (Å²) >= 11 is 0. The van der Waals surface area contributed by atoms with Crippen LogP contribution in [0, 0.1) is 0 Å². The number of aliphatic carboxylic acids is 2. The van der Waals surface area contributed by atoms with E-state index in [0.29, 0.717) is 6.42 Å². The van der Waals surface area contributed by atoms with Crippen LogP contribution in [-0.2, 0) is 9.59 Å².